The van der Waals surface area contributed by atoms with E-state index in [1.165, 1.54) is 6.42 Å². The highest BCUT2D eigenvalue weighted by molar-refractivity contribution is 7.87. The van der Waals surface area contributed by atoms with Gasteiger partial charge in [-0.05, 0) is 42.0 Å². The predicted molar refractivity (Wildman–Crippen MR) is 110 cm³/mol. The maximum Gasteiger partial charge on any atom is 0.339 e. The molecule has 26 heavy (non-hydrogen) atoms. The molecule has 0 aromatic heterocycles. The fraction of sp³-hybridized carbons (Fsp3) is 0.273. The molecular formula is C22H28O3S. The van der Waals surface area contributed by atoms with Crippen molar-refractivity contribution in [2.75, 3.05) is 0 Å². The number of benzene rings is 3. The van der Waals surface area contributed by atoms with Gasteiger partial charge in [0.05, 0.1) is 0 Å². The Bertz CT molecular complexity index is 898. The first-order valence-corrected chi connectivity index (χ1v) is 10.4. The van der Waals surface area contributed by atoms with Crippen LogP contribution in [0, 0.1) is 6.92 Å². The van der Waals surface area contributed by atoms with E-state index in [9.17, 15) is 8.42 Å². The Hall–Kier alpha value is -2.33. The van der Waals surface area contributed by atoms with Crippen LogP contribution in [0.5, 0.6) is 5.75 Å². The van der Waals surface area contributed by atoms with Crippen molar-refractivity contribution in [3.63, 3.8) is 0 Å². The van der Waals surface area contributed by atoms with Crippen LogP contribution in [0.3, 0.4) is 0 Å². The van der Waals surface area contributed by atoms with Crippen LogP contribution in [0.4, 0.5) is 0 Å². The van der Waals surface area contributed by atoms with Crippen molar-refractivity contribution >= 4 is 20.9 Å². The fourth-order valence-electron chi connectivity index (χ4n) is 2.10. The molecule has 0 N–H and O–H groups in total. The molecule has 3 nitrogen and oxygen atoms in total. The minimum atomic E-state index is -3.80. The van der Waals surface area contributed by atoms with Gasteiger partial charge in [0.1, 0.15) is 10.6 Å². The van der Waals surface area contributed by atoms with E-state index in [2.05, 4.69) is 13.8 Å². The van der Waals surface area contributed by atoms with Crippen molar-refractivity contribution in [2.24, 2.45) is 0 Å². The van der Waals surface area contributed by atoms with E-state index in [0.29, 0.717) is 5.75 Å². The number of fused-ring (bicyclic) bond motifs is 1. The lowest BCUT2D eigenvalue weighted by molar-refractivity contribution is 0.486. The molecular weight excluding hydrogens is 344 g/mol. The lowest BCUT2D eigenvalue weighted by Crippen LogP contribution is -2.09. The summed E-state index contributed by atoms with van der Waals surface area (Å²) in [7, 11) is -3.80. The molecule has 0 bridgehead atoms. The maximum atomic E-state index is 12.2. The Morgan fingerprint density at radius 2 is 1.35 bits per heavy atom. The number of hydrogen-bond acceptors (Lipinski definition) is 3. The average molecular weight is 373 g/mol. The summed E-state index contributed by atoms with van der Waals surface area (Å²) >= 11 is 0. The third-order valence-corrected chi connectivity index (χ3v) is 4.50. The third kappa shape index (κ3) is 6.19. The van der Waals surface area contributed by atoms with Crippen LogP contribution in [0.1, 0.15) is 39.7 Å². The van der Waals surface area contributed by atoms with Crippen LogP contribution in [0.15, 0.2) is 71.6 Å². The molecule has 0 saturated heterocycles. The topological polar surface area (TPSA) is 43.4 Å². The van der Waals surface area contributed by atoms with Gasteiger partial charge < -0.3 is 4.18 Å². The van der Waals surface area contributed by atoms with E-state index >= 15 is 0 Å². The van der Waals surface area contributed by atoms with Crippen LogP contribution < -0.4 is 4.18 Å². The first kappa shape index (κ1) is 21.7. The zero-order valence-corrected chi connectivity index (χ0v) is 17.0. The second kappa shape index (κ2) is 10.6. The van der Waals surface area contributed by atoms with Gasteiger partial charge >= 0.3 is 10.1 Å². The third-order valence-electron chi connectivity index (χ3n) is 3.24. The molecule has 140 valence electrons. The SMILES string of the molecule is CC.CCC.Cc1ccc(S(=O)(=O)Oc2ccc3ccccc3c2)cc1. The van der Waals surface area contributed by atoms with E-state index < -0.39 is 10.1 Å². The molecule has 3 rings (SSSR count). The molecule has 3 aromatic carbocycles. The van der Waals surface area contributed by atoms with Crippen LogP contribution in [0.25, 0.3) is 10.8 Å². The van der Waals surface area contributed by atoms with Gasteiger partial charge in [0.25, 0.3) is 0 Å². The van der Waals surface area contributed by atoms with Crippen LogP contribution in [-0.2, 0) is 10.1 Å². The second-order valence-corrected chi connectivity index (χ2v) is 7.11. The molecule has 4 heteroatoms. The van der Waals surface area contributed by atoms with Crippen LogP contribution >= 0.6 is 0 Å². The van der Waals surface area contributed by atoms with Gasteiger partial charge in [-0.25, -0.2) is 0 Å². The van der Waals surface area contributed by atoms with Crippen molar-refractivity contribution < 1.29 is 12.6 Å². The zero-order valence-electron chi connectivity index (χ0n) is 16.2. The van der Waals surface area contributed by atoms with Crippen molar-refractivity contribution in [1.82, 2.24) is 0 Å². The summed E-state index contributed by atoms with van der Waals surface area (Å²) in [5, 5.41) is 1.98. The maximum absolute atomic E-state index is 12.2. The highest BCUT2D eigenvalue weighted by Gasteiger charge is 2.16. The van der Waals surface area contributed by atoms with E-state index in [1.807, 2.05) is 51.1 Å². The summed E-state index contributed by atoms with van der Waals surface area (Å²) < 4.78 is 29.7. The predicted octanol–water partition coefficient (Wildman–Crippen LogP) is 6.36. The van der Waals surface area contributed by atoms with Crippen LogP contribution in [-0.4, -0.2) is 8.42 Å². The summed E-state index contributed by atoms with van der Waals surface area (Å²) in [6, 6.07) is 19.5. The second-order valence-electron chi connectivity index (χ2n) is 5.57. The summed E-state index contributed by atoms with van der Waals surface area (Å²) in [5.74, 6) is 0.314. The van der Waals surface area contributed by atoms with E-state index in [4.69, 9.17) is 4.18 Å². The first-order valence-electron chi connectivity index (χ1n) is 8.96. The smallest absolute Gasteiger partial charge is 0.339 e. The highest BCUT2D eigenvalue weighted by Crippen LogP contribution is 2.24. The largest absolute Gasteiger partial charge is 0.379 e. The van der Waals surface area contributed by atoms with Crippen molar-refractivity contribution in [3.05, 3.63) is 72.3 Å². The molecule has 0 amide bonds. The lowest BCUT2D eigenvalue weighted by Gasteiger charge is -2.08. The molecule has 0 aliphatic rings. The van der Waals surface area contributed by atoms with Gasteiger partial charge in [-0.3, -0.25) is 0 Å². The molecule has 0 saturated carbocycles. The number of rotatable bonds is 3. The molecule has 0 aliphatic heterocycles. The molecule has 0 heterocycles. The van der Waals surface area contributed by atoms with Gasteiger partial charge in [-0.1, -0.05) is 82.1 Å². The van der Waals surface area contributed by atoms with Gasteiger partial charge in [0.2, 0.25) is 0 Å². The van der Waals surface area contributed by atoms with Crippen molar-refractivity contribution in [1.29, 1.82) is 0 Å². The monoisotopic (exact) mass is 372 g/mol. The number of hydrogen-bond donors (Lipinski definition) is 0. The van der Waals surface area contributed by atoms with Gasteiger partial charge in [-0.2, -0.15) is 8.42 Å². The Labute approximate surface area is 157 Å². The van der Waals surface area contributed by atoms with E-state index in [-0.39, 0.29) is 4.90 Å². The Balaban J connectivity index is 0.000000615. The lowest BCUT2D eigenvalue weighted by atomic mass is 10.1. The molecule has 0 unspecified atom stereocenters. The molecule has 0 radical (unpaired) electrons. The van der Waals surface area contributed by atoms with Crippen molar-refractivity contribution in [2.45, 2.75) is 45.9 Å². The van der Waals surface area contributed by atoms with E-state index in [1.54, 1.807) is 36.4 Å². The molecule has 3 aromatic rings. The quantitative estimate of drug-likeness (QED) is 0.503. The Kier molecular flexibility index (Phi) is 8.86. The zero-order chi connectivity index (χ0) is 19.6. The Morgan fingerprint density at radius 1 is 0.808 bits per heavy atom. The standard InChI is InChI=1S/C17H14O3S.C3H8.C2H6/c1-13-6-10-17(11-7-13)21(18,19)20-16-9-8-14-4-2-3-5-15(14)12-16;1-3-2;1-2/h2-12H,1H3;3H2,1-2H3;1-2H3. The summed E-state index contributed by atoms with van der Waals surface area (Å²) in [6.45, 7) is 10.2. The van der Waals surface area contributed by atoms with Crippen molar-refractivity contribution in [3.8, 4) is 5.75 Å². The summed E-state index contributed by atoms with van der Waals surface area (Å²) in [6.07, 6.45) is 1.25. The highest BCUT2D eigenvalue weighted by atomic mass is 32.2. The minimum Gasteiger partial charge on any atom is -0.379 e. The van der Waals surface area contributed by atoms with Gasteiger partial charge in [-0.15, -0.1) is 0 Å². The van der Waals surface area contributed by atoms with Crippen LogP contribution in [0.2, 0.25) is 0 Å². The number of aryl methyl sites for hydroxylation is 1. The summed E-state index contributed by atoms with van der Waals surface area (Å²) in [5.41, 5.74) is 1.000. The van der Waals surface area contributed by atoms with Gasteiger partial charge in [0, 0.05) is 0 Å². The summed E-state index contributed by atoms with van der Waals surface area (Å²) in [4.78, 5) is 0.154. The molecule has 0 atom stereocenters. The van der Waals surface area contributed by atoms with Gasteiger partial charge in [0.15, 0.2) is 0 Å². The fourth-order valence-corrected chi connectivity index (χ4v) is 3.02. The molecule has 0 fully saturated rings. The molecule has 0 aliphatic carbocycles. The Morgan fingerprint density at radius 3 is 1.92 bits per heavy atom. The normalized spacial score (nSPS) is 10.2. The van der Waals surface area contributed by atoms with E-state index in [0.717, 1.165) is 16.3 Å². The average Bonchev–Trinajstić information content (AvgIpc) is 2.64. The molecule has 0 spiro atoms. The minimum absolute atomic E-state index is 0.154. The first-order chi connectivity index (χ1) is 12.5.